The molecule has 0 saturated carbocycles. The van der Waals surface area contributed by atoms with E-state index in [1.54, 1.807) is 16.5 Å². The lowest BCUT2D eigenvalue weighted by Crippen LogP contribution is -2.48. The summed E-state index contributed by atoms with van der Waals surface area (Å²) in [7, 11) is -1.04. The van der Waals surface area contributed by atoms with Crippen LogP contribution in [-0.4, -0.2) is 62.8 Å². The summed E-state index contributed by atoms with van der Waals surface area (Å²) < 4.78 is 16.1. The van der Waals surface area contributed by atoms with E-state index in [0.29, 0.717) is 35.5 Å². The minimum absolute atomic E-state index is 0.0657. The predicted molar refractivity (Wildman–Crippen MR) is 171 cm³/mol. The van der Waals surface area contributed by atoms with Gasteiger partial charge in [0.05, 0.1) is 40.9 Å². The first kappa shape index (κ1) is 30.0. The van der Waals surface area contributed by atoms with Gasteiger partial charge in [-0.05, 0) is 55.4 Å². The maximum Gasteiger partial charge on any atom is 0.279 e. The first-order chi connectivity index (χ1) is 21.2. The number of nitrogens with one attached hydrogen (secondary N) is 1. The van der Waals surface area contributed by atoms with Crippen molar-refractivity contribution in [2.24, 2.45) is 5.92 Å². The Labute approximate surface area is 257 Å². The van der Waals surface area contributed by atoms with Crippen LogP contribution in [-0.2, 0) is 11.3 Å². The number of aromatic amines is 1. The van der Waals surface area contributed by atoms with Crippen LogP contribution < -0.4 is 10.3 Å². The number of H-pyrrole nitrogens is 1. The third-order valence-corrected chi connectivity index (χ3v) is 11.4. The molecule has 0 aliphatic carbocycles. The summed E-state index contributed by atoms with van der Waals surface area (Å²) in [6.45, 7) is 6.46. The number of hydrogen-bond donors (Lipinski definition) is 3. The van der Waals surface area contributed by atoms with E-state index in [1.807, 2.05) is 92.1 Å². The Morgan fingerprint density at radius 3 is 2.55 bits per heavy atom. The lowest BCUT2D eigenvalue weighted by Gasteiger charge is -2.43. The molecule has 11 heteroatoms. The van der Waals surface area contributed by atoms with Gasteiger partial charge in [-0.3, -0.25) is 14.6 Å². The molecular weight excluding hydrogens is 574 g/mol. The van der Waals surface area contributed by atoms with Gasteiger partial charge in [0.1, 0.15) is 11.9 Å². The molecule has 1 aliphatic heterocycles. The van der Waals surface area contributed by atoms with Crippen molar-refractivity contribution < 1.29 is 19.4 Å². The first-order valence-corrected chi connectivity index (χ1v) is 18.0. The van der Waals surface area contributed by atoms with Crippen LogP contribution in [0.1, 0.15) is 42.2 Å². The number of aryl methyl sites for hydroxylation is 1. The normalized spacial score (nSPS) is 19.8. The molecule has 10 nitrogen and oxygen atoms in total. The van der Waals surface area contributed by atoms with Gasteiger partial charge >= 0.3 is 0 Å². The van der Waals surface area contributed by atoms with E-state index in [1.165, 1.54) is 0 Å². The number of rotatable bonds is 10. The summed E-state index contributed by atoms with van der Waals surface area (Å²) in [5.41, 5.74) is 3.78. The van der Waals surface area contributed by atoms with Crippen LogP contribution >= 0.6 is 0 Å². The summed E-state index contributed by atoms with van der Waals surface area (Å²) in [4.78, 5) is 24.6. The fourth-order valence-electron chi connectivity index (χ4n) is 6.57. The minimum Gasteiger partial charge on any atom is -0.490 e. The van der Waals surface area contributed by atoms with Crippen molar-refractivity contribution in [3.63, 3.8) is 0 Å². The zero-order valence-electron chi connectivity index (χ0n) is 25.4. The summed E-state index contributed by atoms with van der Waals surface area (Å²) in [5, 5.41) is 22.6. The lowest BCUT2D eigenvalue weighted by atomic mass is 9.86. The molecule has 44 heavy (non-hydrogen) atoms. The Kier molecular flexibility index (Phi) is 8.29. The predicted octanol–water partition coefficient (Wildman–Crippen LogP) is 4.78. The number of ether oxygens (including phenoxy) is 2. The lowest BCUT2D eigenvalue weighted by molar-refractivity contribution is -0.0247. The van der Waals surface area contributed by atoms with Gasteiger partial charge in [0, 0.05) is 36.9 Å². The average molecular weight is 614 g/mol. The molecule has 0 amide bonds. The molecule has 0 saturated heterocycles. The van der Waals surface area contributed by atoms with Gasteiger partial charge in [-0.1, -0.05) is 54.6 Å². The summed E-state index contributed by atoms with van der Waals surface area (Å²) in [5.74, 6) is 0.359. The molecule has 0 bridgehead atoms. The smallest absolute Gasteiger partial charge is 0.279 e. The van der Waals surface area contributed by atoms with E-state index in [4.69, 9.17) is 9.47 Å². The SMILES string of the molecule is CO[C@H]1c2cc(-n3[nH]c4ccccc4c3=O)ccc2O[C@@H](C(CCn2cc(C(CO)c3ccccc3)nn2)[Si](C)(C)O)[C@@H]1C. The largest absolute Gasteiger partial charge is 0.490 e. The van der Waals surface area contributed by atoms with Crippen LogP contribution in [0.15, 0.2) is 83.8 Å². The number of para-hydroxylation sites is 1. The van der Waals surface area contributed by atoms with Crippen molar-refractivity contribution in [1.82, 2.24) is 24.8 Å². The number of hydrogen-bond acceptors (Lipinski definition) is 7. The second kappa shape index (κ2) is 12.2. The Balaban J connectivity index is 1.25. The highest BCUT2D eigenvalue weighted by Crippen LogP contribution is 2.47. The molecule has 0 fully saturated rings. The van der Waals surface area contributed by atoms with Crippen molar-refractivity contribution in [3.8, 4) is 11.4 Å². The van der Waals surface area contributed by atoms with E-state index in [9.17, 15) is 14.7 Å². The molecule has 5 aromatic rings. The van der Waals surface area contributed by atoms with Crippen molar-refractivity contribution in [3.05, 3.63) is 106 Å². The highest BCUT2D eigenvalue weighted by atomic mass is 28.4. The molecule has 0 radical (unpaired) electrons. The van der Waals surface area contributed by atoms with Gasteiger partial charge in [-0.25, -0.2) is 4.68 Å². The summed E-state index contributed by atoms with van der Waals surface area (Å²) in [6, 6.07) is 22.9. The Morgan fingerprint density at radius 2 is 1.84 bits per heavy atom. The molecule has 0 spiro atoms. The highest BCUT2D eigenvalue weighted by molar-refractivity contribution is 6.71. The maximum absolute atomic E-state index is 13.1. The fraction of sp³-hybridized carbons (Fsp3) is 0.364. The van der Waals surface area contributed by atoms with Crippen LogP contribution in [0, 0.1) is 5.92 Å². The van der Waals surface area contributed by atoms with Crippen LogP contribution in [0.25, 0.3) is 16.6 Å². The van der Waals surface area contributed by atoms with Gasteiger partial charge in [0.2, 0.25) is 0 Å². The van der Waals surface area contributed by atoms with E-state index in [0.717, 1.165) is 16.6 Å². The zero-order valence-corrected chi connectivity index (χ0v) is 26.4. The third-order valence-electron chi connectivity index (χ3n) is 8.93. The Bertz CT molecular complexity index is 1790. The second-order valence-electron chi connectivity index (χ2n) is 12.2. The number of aromatic nitrogens is 5. The number of methoxy groups -OCH3 is 1. The second-order valence-corrected chi connectivity index (χ2v) is 16.3. The summed E-state index contributed by atoms with van der Waals surface area (Å²) in [6.07, 6.45) is 1.93. The van der Waals surface area contributed by atoms with Gasteiger partial charge in [-0.15, -0.1) is 5.10 Å². The van der Waals surface area contributed by atoms with Crippen molar-refractivity contribution in [2.45, 2.75) is 56.7 Å². The molecule has 3 heterocycles. The number of nitrogens with zero attached hydrogens (tertiary/aromatic N) is 4. The zero-order chi connectivity index (χ0) is 31.0. The fourth-order valence-corrected chi connectivity index (χ4v) is 8.58. The Hall–Kier alpha value is -4.03. The molecule has 1 aliphatic rings. The van der Waals surface area contributed by atoms with Gasteiger partial charge in [-0.2, -0.15) is 0 Å². The standard InChI is InChI=1S/C33H39N5O5Si/c1-21-31(42-2)25-18-23(38-33(40)24-12-8-9-13-27(24)35-38)14-15-29(25)43-32(21)30(44(3,4)41)16-17-37-19-28(34-36-37)26(20-39)22-10-6-5-7-11-22/h5-15,18-19,21,26,30-32,35,39,41H,16-17,20H2,1-4H3/t21-,26?,30?,31-,32-/m1/s1. The van der Waals surface area contributed by atoms with Crippen molar-refractivity contribution in [2.75, 3.05) is 13.7 Å². The van der Waals surface area contributed by atoms with E-state index in [2.05, 4.69) is 22.3 Å². The first-order valence-electron chi connectivity index (χ1n) is 15.0. The molecule has 3 aromatic carbocycles. The molecule has 230 valence electrons. The van der Waals surface area contributed by atoms with Crippen LogP contribution in [0.5, 0.6) is 5.75 Å². The number of aliphatic hydroxyl groups is 1. The summed E-state index contributed by atoms with van der Waals surface area (Å²) >= 11 is 0. The molecule has 2 unspecified atom stereocenters. The minimum atomic E-state index is -2.73. The number of fused-ring (bicyclic) bond motifs is 2. The molecule has 2 aromatic heterocycles. The molecule has 6 rings (SSSR count). The van der Waals surface area contributed by atoms with Gasteiger partial charge in [0.25, 0.3) is 5.56 Å². The number of benzene rings is 3. The third kappa shape index (κ3) is 5.63. The highest BCUT2D eigenvalue weighted by Gasteiger charge is 2.46. The monoisotopic (exact) mass is 613 g/mol. The van der Waals surface area contributed by atoms with Crippen molar-refractivity contribution in [1.29, 1.82) is 0 Å². The van der Waals surface area contributed by atoms with E-state index >= 15 is 0 Å². The number of aliphatic hydroxyl groups excluding tert-OH is 1. The molecule has 3 N–H and O–H groups in total. The average Bonchev–Trinajstić information content (AvgIpc) is 3.62. The Morgan fingerprint density at radius 1 is 1.09 bits per heavy atom. The van der Waals surface area contributed by atoms with E-state index in [-0.39, 0.29) is 41.8 Å². The maximum atomic E-state index is 13.1. The molecule has 5 atom stereocenters. The topological polar surface area (TPSA) is 127 Å². The molecular formula is C33H39N5O5Si. The van der Waals surface area contributed by atoms with Crippen LogP contribution in [0.4, 0.5) is 0 Å². The van der Waals surface area contributed by atoms with Crippen LogP contribution in [0.2, 0.25) is 18.6 Å². The quantitative estimate of drug-likeness (QED) is 0.194. The van der Waals surface area contributed by atoms with E-state index < -0.39 is 8.32 Å². The van der Waals surface area contributed by atoms with Crippen LogP contribution in [0.3, 0.4) is 0 Å². The van der Waals surface area contributed by atoms with Gasteiger partial charge in [0.15, 0.2) is 8.32 Å². The van der Waals surface area contributed by atoms with Crippen molar-refractivity contribution >= 4 is 19.2 Å². The van der Waals surface area contributed by atoms with Gasteiger partial charge < -0.3 is 19.4 Å².